The van der Waals surface area contributed by atoms with E-state index in [-0.39, 0.29) is 0 Å². The molecule has 3 heterocycles. The minimum absolute atomic E-state index is 0.948. The van der Waals surface area contributed by atoms with Crippen LogP contribution in [0, 0.1) is 0 Å². The molecule has 0 N–H and O–H groups in total. The van der Waals surface area contributed by atoms with E-state index in [2.05, 4.69) is 59.3 Å². The number of benzene rings is 2. The molecule has 3 nitrogen and oxygen atoms in total. The van der Waals surface area contributed by atoms with Crippen LogP contribution in [0.4, 0.5) is 0 Å². The Bertz CT molecular complexity index is 1100. The molecule has 0 bridgehead atoms. The zero-order valence-electron chi connectivity index (χ0n) is 14.9. The average Bonchev–Trinajstić information content (AvgIpc) is 2.73. The van der Waals surface area contributed by atoms with Crippen LogP contribution in [-0.4, -0.2) is 28.0 Å². The molecule has 0 amide bonds. The fraction of sp³-hybridized carbons (Fsp3) is 0.217. The number of pyridine rings is 2. The molecule has 3 heteroatoms. The van der Waals surface area contributed by atoms with Gasteiger partial charge < -0.3 is 0 Å². The molecule has 2 aromatic heterocycles. The molecule has 26 heavy (non-hydrogen) atoms. The van der Waals surface area contributed by atoms with E-state index in [0.717, 1.165) is 43.0 Å². The van der Waals surface area contributed by atoms with Gasteiger partial charge in [0.1, 0.15) is 0 Å². The van der Waals surface area contributed by atoms with Crippen molar-refractivity contribution >= 4 is 21.7 Å². The van der Waals surface area contributed by atoms with Crippen molar-refractivity contribution in [1.29, 1.82) is 0 Å². The number of hydrogen-bond acceptors (Lipinski definition) is 3. The lowest BCUT2D eigenvalue weighted by atomic mass is 9.90. The third-order valence-corrected chi connectivity index (χ3v) is 5.51. The van der Waals surface area contributed by atoms with Gasteiger partial charge in [0, 0.05) is 24.7 Å². The summed E-state index contributed by atoms with van der Waals surface area (Å²) >= 11 is 0. The molecule has 4 aromatic rings. The molecule has 0 radical (unpaired) electrons. The number of fused-ring (bicyclic) bond motifs is 5. The summed E-state index contributed by atoms with van der Waals surface area (Å²) in [4.78, 5) is 12.2. The average molecular weight is 339 g/mol. The van der Waals surface area contributed by atoms with Gasteiger partial charge in [0.2, 0.25) is 0 Å². The summed E-state index contributed by atoms with van der Waals surface area (Å²) in [5.41, 5.74) is 5.89. The first-order valence-electron chi connectivity index (χ1n) is 9.32. The van der Waals surface area contributed by atoms with Gasteiger partial charge in [0.15, 0.2) is 0 Å². The third kappa shape index (κ3) is 2.39. The van der Waals surface area contributed by atoms with Crippen molar-refractivity contribution in [2.24, 2.45) is 0 Å². The fourth-order valence-corrected chi connectivity index (χ4v) is 4.16. The smallest absolute Gasteiger partial charge is 0.0941 e. The number of aromatic nitrogens is 2. The van der Waals surface area contributed by atoms with Gasteiger partial charge in [-0.1, -0.05) is 43.3 Å². The Morgan fingerprint density at radius 1 is 0.962 bits per heavy atom. The zero-order chi connectivity index (χ0) is 17.5. The summed E-state index contributed by atoms with van der Waals surface area (Å²) < 4.78 is 0. The second-order valence-electron chi connectivity index (χ2n) is 6.93. The lowest BCUT2D eigenvalue weighted by Crippen LogP contribution is -2.31. The third-order valence-electron chi connectivity index (χ3n) is 5.51. The topological polar surface area (TPSA) is 29.0 Å². The molecular weight excluding hydrogens is 318 g/mol. The van der Waals surface area contributed by atoms with Crippen molar-refractivity contribution in [3.05, 3.63) is 71.9 Å². The van der Waals surface area contributed by atoms with Crippen LogP contribution >= 0.6 is 0 Å². The van der Waals surface area contributed by atoms with Gasteiger partial charge in [0.25, 0.3) is 0 Å². The normalized spacial score (nSPS) is 14.7. The summed E-state index contributed by atoms with van der Waals surface area (Å²) in [5, 5.41) is 3.92. The summed E-state index contributed by atoms with van der Waals surface area (Å²) in [7, 11) is 0. The van der Waals surface area contributed by atoms with Crippen molar-refractivity contribution in [2.45, 2.75) is 19.9 Å². The minimum Gasteiger partial charge on any atom is -0.299 e. The van der Waals surface area contributed by atoms with Crippen LogP contribution in [0.1, 0.15) is 18.1 Å². The quantitative estimate of drug-likeness (QED) is 0.490. The maximum atomic E-state index is 5.09. The molecule has 2 aromatic carbocycles. The minimum atomic E-state index is 0.948. The number of likely N-dealkylation sites (N-methyl/N-ethyl adjacent to an activating group) is 1. The maximum Gasteiger partial charge on any atom is 0.0941 e. The zero-order valence-corrected chi connectivity index (χ0v) is 14.9. The Labute approximate surface area is 153 Å². The maximum absolute atomic E-state index is 5.09. The molecular formula is C23H21N3. The van der Waals surface area contributed by atoms with E-state index in [1.54, 1.807) is 0 Å². The van der Waals surface area contributed by atoms with Gasteiger partial charge in [-0.05, 0) is 53.1 Å². The second kappa shape index (κ2) is 6.19. The highest BCUT2D eigenvalue weighted by atomic mass is 15.1. The summed E-state index contributed by atoms with van der Waals surface area (Å²) in [6.07, 6.45) is 2.92. The van der Waals surface area contributed by atoms with Crippen LogP contribution in [0.25, 0.3) is 33.1 Å². The van der Waals surface area contributed by atoms with Crippen molar-refractivity contribution in [3.63, 3.8) is 0 Å². The first-order chi connectivity index (χ1) is 12.8. The Balaban J connectivity index is 1.88. The SMILES string of the molecule is CCN1CCc2c(c(-c3ccccn3)nc3ccc4ccccc4c23)C1. The molecule has 0 fully saturated rings. The standard InChI is InChI=1S/C23H21N3/c1-2-26-14-12-18-19(15-26)23(21-9-5-6-13-24-21)25-20-11-10-16-7-3-4-8-17(16)22(18)20/h3-11,13H,2,12,14-15H2,1H3. The summed E-state index contributed by atoms with van der Waals surface area (Å²) in [6.45, 7) is 5.35. The van der Waals surface area contributed by atoms with Crippen LogP contribution < -0.4 is 0 Å². The van der Waals surface area contributed by atoms with Gasteiger partial charge in [-0.3, -0.25) is 9.88 Å². The molecule has 128 valence electrons. The van der Waals surface area contributed by atoms with E-state index >= 15 is 0 Å². The van der Waals surface area contributed by atoms with Crippen LogP contribution in [0.15, 0.2) is 60.8 Å². The largest absolute Gasteiger partial charge is 0.299 e. The summed E-state index contributed by atoms with van der Waals surface area (Å²) in [6, 6.07) is 19.1. The van der Waals surface area contributed by atoms with Crippen LogP contribution in [-0.2, 0) is 13.0 Å². The van der Waals surface area contributed by atoms with Crippen molar-refractivity contribution in [3.8, 4) is 11.4 Å². The molecule has 5 rings (SSSR count). The lowest BCUT2D eigenvalue weighted by Gasteiger charge is -2.30. The Morgan fingerprint density at radius 3 is 2.69 bits per heavy atom. The lowest BCUT2D eigenvalue weighted by molar-refractivity contribution is 0.269. The van der Waals surface area contributed by atoms with Gasteiger partial charge in [-0.2, -0.15) is 0 Å². The van der Waals surface area contributed by atoms with Crippen molar-refractivity contribution < 1.29 is 0 Å². The Hall–Kier alpha value is -2.78. The van der Waals surface area contributed by atoms with Gasteiger partial charge >= 0.3 is 0 Å². The first kappa shape index (κ1) is 15.5. The molecule has 0 atom stereocenters. The van der Waals surface area contributed by atoms with Gasteiger partial charge in [-0.15, -0.1) is 0 Å². The number of nitrogens with zero attached hydrogens (tertiary/aromatic N) is 3. The van der Waals surface area contributed by atoms with Crippen LogP contribution in [0.5, 0.6) is 0 Å². The van der Waals surface area contributed by atoms with Crippen molar-refractivity contribution in [2.75, 3.05) is 13.1 Å². The number of hydrogen-bond donors (Lipinski definition) is 0. The summed E-state index contributed by atoms with van der Waals surface area (Å²) in [5.74, 6) is 0. The van der Waals surface area contributed by atoms with E-state index in [1.807, 2.05) is 18.3 Å². The molecule has 0 unspecified atom stereocenters. The first-order valence-corrected chi connectivity index (χ1v) is 9.32. The number of rotatable bonds is 2. The van der Waals surface area contributed by atoms with E-state index in [0.29, 0.717) is 0 Å². The molecule has 0 aliphatic carbocycles. The highest BCUT2D eigenvalue weighted by Gasteiger charge is 2.24. The van der Waals surface area contributed by atoms with E-state index < -0.39 is 0 Å². The van der Waals surface area contributed by atoms with Gasteiger partial charge in [-0.25, -0.2) is 4.98 Å². The predicted molar refractivity (Wildman–Crippen MR) is 107 cm³/mol. The van der Waals surface area contributed by atoms with E-state index in [1.165, 1.54) is 27.3 Å². The molecule has 0 spiro atoms. The fourth-order valence-electron chi connectivity index (χ4n) is 4.16. The Kier molecular flexibility index (Phi) is 3.68. The van der Waals surface area contributed by atoms with Crippen LogP contribution in [0.2, 0.25) is 0 Å². The molecule has 1 aliphatic heterocycles. The second-order valence-corrected chi connectivity index (χ2v) is 6.93. The molecule has 1 aliphatic rings. The van der Waals surface area contributed by atoms with Crippen LogP contribution in [0.3, 0.4) is 0 Å². The van der Waals surface area contributed by atoms with Gasteiger partial charge in [0.05, 0.1) is 16.9 Å². The predicted octanol–water partition coefficient (Wildman–Crippen LogP) is 4.83. The highest BCUT2D eigenvalue weighted by Crippen LogP contribution is 2.36. The monoisotopic (exact) mass is 339 g/mol. The highest BCUT2D eigenvalue weighted by molar-refractivity contribution is 6.09. The molecule has 0 saturated heterocycles. The Morgan fingerprint density at radius 2 is 1.85 bits per heavy atom. The van der Waals surface area contributed by atoms with Crippen molar-refractivity contribution in [1.82, 2.24) is 14.9 Å². The van der Waals surface area contributed by atoms with E-state index in [4.69, 9.17) is 4.98 Å². The molecule has 0 saturated carbocycles. The van der Waals surface area contributed by atoms with E-state index in [9.17, 15) is 0 Å².